The summed E-state index contributed by atoms with van der Waals surface area (Å²) in [6.45, 7) is 9.81. The number of rotatable bonds is 6. The molecule has 0 bridgehead atoms. The molecule has 0 aromatic carbocycles. The van der Waals surface area contributed by atoms with Crippen LogP contribution in [0.1, 0.15) is 77.6 Å². The highest BCUT2D eigenvalue weighted by Gasteiger charge is 2.32. The molecule has 1 aromatic heterocycles. The first kappa shape index (κ1) is 16.8. The van der Waals surface area contributed by atoms with Gasteiger partial charge in [0.1, 0.15) is 0 Å². The maximum absolute atomic E-state index is 6.49. The smallest absolute Gasteiger partial charge is 0.0834 e. The first-order valence-electron chi connectivity index (χ1n) is 8.54. The summed E-state index contributed by atoms with van der Waals surface area (Å²) < 4.78 is 2.10. The van der Waals surface area contributed by atoms with Gasteiger partial charge in [0.15, 0.2) is 0 Å². The second kappa shape index (κ2) is 7.64. The molecule has 1 N–H and O–H groups in total. The molecule has 0 radical (unpaired) electrons. The molecule has 21 heavy (non-hydrogen) atoms. The van der Waals surface area contributed by atoms with Crippen molar-refractivity contribution in [3.63, 3.8) is 0 Å². The van der Waals surface area contributed by atoms with Crippen LogP contribution in [0.3, 0.4) is 0 Å². The van der Waals surface area contributed by atoms with Crippen LogP contribution >= 0.6 is 11.6 Å². The fourth-order valence-corrected chi connectivity index (χ4v) is 4.01. The first-order valence-corrected chi connectivity index (χ1v) is 8.92. The van der Waals surface area contributed by atoms with Gasteiger partial charge in [0.05, 0.1) is 23.0 Å². The molecule has 0 amide bonds. The van der Waals surface area contributed by atoms with Gasteiger partial charge in [0.2, 0.25) is 0 Å². The fourth-order valence-electron chi connectivity index (χ4n) is 3.77. The predicted octanol–water partition coefficient (Wildman–Crippen LogP) is 4.98. The molecule has 3 nitrogen and oxygen atoms in total. The fraction of sp³-hybridized carbons (Fsp3) is 0.824. The summed E-state index contributed by atoms with van der Waals surface area (Å²) in [6, 6.07) is 0.681. The highest BCUT2D eigenvalue weighted by Crippen LogP contribution is 2.40. The van der Waals surface area contributed by atoms with Crippen LogP contribution in [0.4, 0.5) is 0 Å². The molecule has 0 saturated heterocycles. The van der Waals surface area contributed by atoms with Crippen molar-refractivity contribution >= 4 is 11.6 Å². The Morgan fingerprint density at radius 2 is 2.14 bits per heavy atom. The molecule has 1 fully saturated rings. The largest absolute Gasteiger partial charge is 0.309 e. The summed E-state index contributed by atoms with van der Waals surface area (Å²) in [5, 5.41) is 9.00. The average molecular weight is 312 g/mol. The van der Waals surface area contributed by atoms with E-state index in [4.69, 9.17) is 11.6 Å². The van der Waals surface area contributed by atoms with Gasteiger partial charge in [-0.1, -0.05) is 44.7 Å². The minimum absolute atomic E-state index is 0.335. The molecule has 2 rings (SSSR count). The molecule has 3 atom stereocenters. The van der Waals surface area contributed by atoms with Gasteiger partial charge >= 0.3 is 0 Å². The summed E-state index contributed by atoms with van der Waals surface area (Å²) in [5.41, 5.74) is 1.19. The lowest BCUT2D eigenvalue weighted by Gasteiger charge is -2.35. The SMILES string of the molecule is CCNC(c1c(Cl)cnn1C(C)C)C1CCCC(CC)C1. The van der Waals surface area contributed by atoms with Crippen molar-refractivity contribution in [3.8, 4) is 0 Å². The zero-order valence-electron chi connectivity index (χ0n) is 13.9. The first-order chi connectivity index (χ1) is 10.1. The van der Waals surface area contributed by atoms with Crippen LogP contribution < -0.4 is 5.32 Å². The van der Waals surface area contributed by atoms with Gasteiger partial charge in [-0.2, -0.15) is 5.10 Å². The van der Waals surface area contributed by atoms with Gasteiger partial charge in [-0.15, -0.1) is 0 Å². The molecular formula is C17H30ClN3. The second-order valence-corrected chi connectivity index (χ2v) is 7.06. The maximum atomic E-state index is 6.49. The normalized spacial score (nSPS) is 24.5. The van der Waals surface area contributed by atoms with Crippen molar-refractivity contribution in [2.24, 2.45) is 11.8 Å². The van der Waals surface area contributed by atoms with E-state index in [9.17, 15) is 0 Å². The third-order valence-electron chi connectivity index (χ3n) is 4.87. The number of aromatic nitrogens is 2. The van der Waals surface area contributed by atoms with Gasteiger partial charge in [-0.3, -0.25) is 4.68 Å². The van der Waals surface area contributed by atoms with Crippen molar-refractivity contribution in [1.29, 1.82) is 0 Å². The summed E-state index contributed by atoms with van der Waals surface area (Å²) in [5.74, 6) is 1.55. The van der Waals surface area contributed by atoms with Crippen LogP contribution in [-0.2, 0) is 0 Å². The molecule has 1 aliphatic carbocycles. The molecule has 1 aliphatic rings. The Balaban J connectivity index is 2.28. The third-order valence-corrected chi connectivity index (χ3v) is 5.16. The summed E-state index contributed by atoms with van der Waals surface area (Å²) in [6.07, 6.45) is 8.46. The Bertz CT molecular complexity index is 441. The lowest BCUT2D eigenvalue weighted by atomic mass is 9.76. The molecular weight excluding hydrogens is 282 g/mol. The monoisotopic (exact) mass is 311 g/mol. The average Bonchev–Trinajstić information content (AvgIpc) is 2.86. The number of hydrogen-bond donors (Lipinski definition) is 1. The van der Waals surface area contributed by atoms with Crippen LogP contribution in [-0.4, -0.2) is 16.3 Å². The lowest BCUT2D eigenvalue weighted by Crippen LogP contribution is -2.33. The zero-order valence-corrected chi connectivity index (χ0v) is 14.7. The van der Waals surface area contributed by atoms with E-state index in [1.807, 2.05) is 0 Å². The highest BCUT2D eigenvalue weighted by atomic mass is 35.5. The van der Waals surface area contributed by atoms with E-state index in [-0.39, 0.29) is 0 Å². The van der Waals surface area contributed by atoms with Gasteiger partial charge < -0.3 is 5.32 Å². The molecule has 0 aliphatic heterocycles. The second-order valence-electron chi connectivity index (χ2n) is 6.65. The van der Waals surface area contributed by atoms with E-state index >= 15 is 0 Å². The molecule has 120 valence electrons. The van der Waals surface area contributed by atoms with E-state index in [1.165, 1.54) is 37.8 Å². The highest BCUT2D eigenvalue weighted by molar-refractivity contribution is 6.31. The summed E-state index contributed by atoms with van der Waals surface area (Å²) >= 11 is 6.49. The summed E-state index contributed by atoms with van der Waals surface area (Å²) in [7, 11) is 0. The van der Waals surface area contributed by atoms with E-state index in [0.29, 0.717) is 18.0 Å². The quantitative estimate of drug-likeness (QED) is 0.802. The Hall–Kier alpha value is -0.540. The van der Waals surface area contributed by atoms with Crippen LogP contribution in [0, 0.1) is 11.8 Å². The molecule has 3 unspecified atom stereocenters. The molecule has 4 heteroatoms. The maximum Gasteiger partial charge on any atom is 0.0834 e. The van der Waals surface area contributed by atoms with Gasteiger partial charge in [0, 0.05) is 6.04 Å². The Labute approximate surface area is 134 Å². The minimum atomic E-state index is 0.335. The molecule has 1 heterocycles. The van der Waals surface area contributed by atoms with E-state index < -0.39 is 0 Å². The van der Waals surface area contributed by atoms with Crippen LogP contribution in [0.25, 0.3) is 0 Å². The summed E-state index contributed by atoms with van der Waals surface area (Å²) in [4.78, 5) is 0. The van der Waals surface area contributed by atoms with E-state index in [0.717, 1.165) is 17.5 Å². The van der Waals surface area contributed by atoms with E-state index in [1.54, 1.807) is 6.20 Å². The lowest BCUT2D eigenvalue weighted by molar-refractivity contribution is 0.203. The van der Waals surface area contributed by atoms with Crippen molar-refractivity contribution in [2.75, 3.05) is 6.54 Å². The van der Waals surface area contributed by atoms with E-state index in [2.05, 4.69) is 42.8 Å². The number of hydrogen-bond acceptors (Lipinski definition) is 2. The standard InChI is InChI=1S/C17H30ClN3/c1-5-13-8-7-9-14(10-13)16(19-6-2)17-15(18)11-20-21(17)12(3)4/h11-14,16,19H,5-10H2,1-4H3. The zero-order chi connectivity index (χ0) is 15.4. The Morgan fingerprint density at radius 1 is 1.38 bits per heavy atom. The number of nitrogens with zero attached hydrogens (tertiary/aromatic N) is 2. The van der Waals surface area contributed by atoms with Crippen molar-refractivity contribution in [2.45, 2.75) is 71.9 Å². The number of nitrogens with one attached hydrogen (secondary N) is 1. The topological polar surface area (TPSA) is 29.9 Å². The van der Waals surface area contributed by atoms with Gasteiger partial charge in [-0.05, 0) is 45.1 Å². The Morgan fingerprint density at radius 3 is 2.76 bits per heavy atom. The Kier molecular flexibility index (Phi) is 6.12. The van der Waals surface area contributed by atoms with Crippen LogP contribution in [0.5, 0.6) is 0 Å². The number of halogens is 1. The van der Waals surface area contributed by atoms with Gasteiger partial charge in [-0.25, -0.2) is 0 Å². The molecule has 1 aromatic rings. The van der Waals surface area contributed by atoms with Gasteiger partial charge in [0.25, 0.3) is 0 Å². The predicted molar refractivity (Wildman–Crippen MR) is 89.8 cm³/mol. The third kappa shape index (κ3) is 3.81. The van der Waals surface area contributed by atoms with Crippen molar-refractivity contribution < 1.29 is 0 Å². The minimum Gasteiger partial charge on any atom is -0.309 e. The molecule has 1 saturated carbocycles. The van der Waals surface area contributed by atoms with Crippen molar-refractivity contribution in [3.05, 3.63) is 16.9 Å². The van der Waals surface area contributed by atoms with Crippen molar-refractivity contribution in [1.82, 2.24) is 15.1 Å². The molecule has 0 spiro atoms. The van der Waals surface area contributed by atoms with Crippen LogP contribution in [0.15, 0.2) is 6.20 Å². The van der Waals surface area contributed by atoms with Crippen LogP contribution in [0.2, 0.25) is 5.02 Å².